The standard InChI is InChI=1S/C22H21F2N/c1-3-15-5-9-17(10-6-15)20-13-19(22(23)24)14-21(25-20)18-11-7-16(4-2)8-12-18/h5-14,22H,3-4H2,1-2H3. The van der Waals surface area contributed by atoms with Gasteiger partial charge in [-0.15, -0.1) is 0 Å². The van der Waals surface area contributed by atoms with Crippen molar-refractivity contribution < 1.29 is 8.78 Å². The number of halogens is 2. The van der Waals surface area contributed by atoms with E-state index in [4.69, 9.17) is 0 Å². The lowest BCUT2D eigenvalue weighted by Gasteiger charge is -2.10. The molecule has 25 heavy (non-hydrogen) atoms. The summed E-state index contributed by atoms with van der Waals surface area (Å²) in [5.41, 5.74) is 5.29. The van der Waals surface area contributed by atoms with Gasteiger partial charge in [-0.1, -0.05) is 62.4 Å². The second kappa shape index (κ2) is 7.56. The Hall–Kier alpha value is -2.55. The minimum atomic E-state index is -2.52. The Bertz CT molecular complexity index is 771. The molecule has 0 unspecified atom stereocenters. The summed E-state index contributed by atoms with van der Waals surface area (Å²) in [7, 11) is 0. The van der Waals surface area contributed by atoms with Crippen LogP contribution < -0.4 is 0 Å². The first kappa shape index (κ1) is 17.3. The van der Waals surface area contributed by atoms with Gasteiger partial charge >= 0.3 is 0 Å². The molecule has 0 radical (unpaired) electrons. The molecule has 128 valence electrons. The van der Waals surface area contributed by atoms with Crippen LogP contribution in [0.4, 0.5) is 8.78 Å². The molecule has 1 aromatic heterocycles. The summed E-state index contributed by atoms with van der Waals surface area (Å²) in [5.74, 6) is 0. The van der Waals surface area contributed by atoms with Gasteiger partial charge in [0, 0.05) is 16.7 Å². The molecule has 0 aliphatic rings. The predicted octanol–water partition coefficient (Wildman–Crippen LogP) is 6.48. The fourth-order valence-electron chi connectivity index (χ4n) is 2.80. The maximum absolute atomic E-state index is 13.4. The van der Waals surface area contributed by atoms with Crippen LogP contribution >= 0.6 is 0 Å². The van der Waals surface area contributed by atoms with E-state index < -0.39 is 6.43 Å². The van der Waals surface area contributed by atoms with Crippen molar-refractivity contribution in [1.82, 2.24) is 4.98 Å². The monoisotopic (exact) mass is 337 g/mol. The first-order chi connectivity index (χ1) is 12.1. The fraction of sp³-hybridized carbons (Fsp3) is 0.227. The van der Waals surface area contributed by atoms with E-state index in [0.29, 0.717) is 11.4 Å². The van der Waals surface area contributed by atoms with Crippen molar-refractivity contribution >= 4 is 0 Å². The third-order valence-corrected chi connectivity index (χ3v) is 4.42. The number of pyridine rings is 1. The number of alkyl halides is 2. The smallest absolute Gasteiger partial charge is 0.248 e. The second-order valence-corrected chi connectivity index (χ2v) is 6.07. The summed E-state index contributed by atoms with van der Waals surface area (Å²) in [4.78, 5) is 4.63. The molecule has 1 nitrogen and oxygen atoms in total. The highest BCUT2D eigenvalue weighted by Crippen LogP contribution is 2.29. The highest BCUT2D eigenvalue weighted by molar-refractivity contribution is 5.68. The summed E-state index contributed by atoms with van der Waals surface area (Å²) in [6.07, 6.45) is -0.634. The van der Waals surface area contributed by atoms with E-state index in [1.165, 1.54) is 23.3 Å². The zero-order valence-electron chi connectivity index (χ0n) is 14.5. The van der Waals surface area contributed by atoms with Gasteiger partial charge in [0.2, 0.25) is 0 Å². The van der Waals surface area contributed by atoms with Crippen molar-refractivity contribution in [2.75, 3.05) is 0 Å². The van der Waals surface area contributed by atoms with Crippen LogP contribution in [0.5, 0.6) is 0 Å². The van der Waals surface area contributed by atoms with Gasteiger partial charge in [0.05, 0.1) is 11.4 Å². The fourth-order valence-corrected chi connectivity index (χ4v) is 2.80. The Kier molecular flexibility index (Phi) is 5.22. The summed E-state index contributed by atoms with van der Waals surface area (Å²) >= 11 is 0. The highest BCUT2D eigenvalue weighted by atomic mass is 19.3. The lowest BCUT2D eigenvalue weighted by atomic mass is 10.0. The van der Waals surface area contributed by atoms with Crippen LogP contribution in [0.1, 0.15) is 37.0 Å². The lowest BCUT2D eigenvalue weighted by Crippen LogP contribution is -1.94. The van der Waals surface area contributed by atoms with Gasteiger partial charge < -0.3 is 0 Å². The van der Waals surface area contributed by atoms with Crippen molar-refractivity contribution in [2.45, 2.75) is 33.1 Å². The molecule has 0 fully saturated rings. The molecular formula is C22H21F2N. The van der Waals surface area contributed by atoms with Crippen molar-refractivity contribution in [2.24, 2.45) is 0 Å². The van der Waals surface area contributed by atoms with Gasteiger partial charge in [0.15, 0.2) is 0 Å². The summed E-state index contributed by atoms with van der Waals surface area (Å²) < 4.78 is 26.7. The zero-order valence-corrected chi connectivity index (χ0v) is 14.5. The molecule has 3 rings (SSSR count). The number of nitrogens with zero attached hydrogens (tertiary/aromatic N) is 1. The van der Waals surface area contributed by atoms with Gasteiger partial charge in [-0.05, 0) is 36.1 Å². The van der Waals surface area contributed by atoms with Crippen LogP contribution in [-0.2, 0) is 12.8 Å². The minimum Gasteiger partial charge on any atom is -0.248 e. The van der Waals surface area contributed by atoms with Crippen LogP contribution in [-0.4, -0.2) is 4.98 Å². The molecule has 0 bridgehead atoms. The molecule has 0 saturated carbocycles. The van der Waals surface area contributed by atoms with Crippen molar-refractivity contribution in [1.29, 1.82) is 0 Å². The third-order valence-electron chi connectivity index (χ3n) is 4.42. The first-order valence-corrected chi connectivity index (χ1v) is 8.59. The van der Waals surface area contributed by atoms with E-state index in [-0.39, 0.29) is 5.56 Å². The quantitative estimate of drug-likeness (QED) is 0.519. The van der Waals surface area contributed by atoms with Crippen LogP contribution in [0.3, 0.4) is 0 Å². The Morgan fingerprint density at radius 1 is 0.720 bits per heavy atom. The molecule has 0 aliphatic heterocycles. The number of rotatable bonds is 5. The van der Waals surface area contributed by atoms with Crippen LogP contribution in [0.15, 0.2) is 60.7 Å². The Morgan fingerprint density at radius 3 is 1.44 bits per heavy atom. The van der Waals surface area contributed by atoms with Gasteiger partial charge in [-0.25, -0.2) is 13.8 Å². The summed E-state index contributed by atoms with van der Waals surface area (Å²) in [6, 6.07) is 18.8. The van der Waals surface area contributed by atoms with Gasteiger partial charge in [0.1, 0.15) is 0 Å². The van der Waals surface area contributed by atoms with E-state index >= 15 is 0 Å². The molecule has 3 aromatic rings. The van der Waals surface area contributed by atoms with Crippen LogP contribution in [0, 0.1) is 0 Å². The SMILES string of the molecule is CCc1ccc(-c2cc(C(F)F)cc(-c3ccc(CC)cc3)n2)cc1. The predicted molar refractivity (Wildman–Crippen MR) is 98.8 cm³/mol. The topological polar surface area (TPSA) is 12.9 Å². The van der Waals surface area contributed by atoms with Gasteiger partial charge in [-0.2, -0.15) is 0 Å². The highest BCUT2D eigenvalue weighted by Gasteiger charge is 2.13. The van der Waals surface area contributed by atoms with Gasteiger partial charge in [0.25, 0.3) is 6.43 Å². The molecule has 0 N–H and O–H groups in total. The van der Waals surface area contributed by atoms with E-state index in [1.807, 2.05) is 48.5 Å². The molecule has 0 saturated heterocycles. The number of benzene rings is 2. The van der Waals surface area contributed by atoms with E-state index in [9.17, 15) is 8.78 Å². The third kappa shape index (κ3) is 3.93. The second-order valence-electron chi connectivity index (χ2n) is 6.07. The molecule has 0 atom stereocenters. The zero-order chi connectivity index (χ0) is 17.8. The molecule has 0 aliphatic carbocycles. The Balaban J connectivity index is 2.07. The number of aryl methyl sites for hydroxylation is 2. The molecule has 3 heteroatoms. The Labute approximate surface area is 147 Å². The van der Waals surface area contributed by atoms with E-state index in [0.717, 1.165) is 24.0 Å². The number of aromatic nitrogens is 1. The number of hydrogen-bond donors (Lipinski definition) is 0. The van der Waals surface area contributed by atoms with Crippen molar-refractivity contribution in [3.8, 4) is 22.5 Å². The molecule has 1 heterocycles. The minimum absolute atomic E-state index is 0.000800. The maximum Gasteiger partial charge on any atom is 0.264 e. The molecule has 0 amide bonds. The molecular weight excluding hydrogens is 316 g/mol. The lowest BCUT2D eigenvalue weighted by molar-refractivity contribution is 0.151. The van der Waals surface area contributed by atoms with E-state index in [1.54, 1.807) is 0 Å². The first-order valence-electron chi connectivity index (χ1n) is 8.59. The summed E-state index contributed by atoms with van der Waals surface area (Å²) in [6.45, 7) is 4.17. The molecule has 2 aromatic carbocycles. The summed E-state index contributed by atoms with van der Waals surface area (Å²) in [5, 5.41) is 0. The van der Waals surface area contributed by atoms with Crippen molar-refractivity contribution in [3.63, 3.8) is 0 Å². The van der Waals surface area contributed by atoms with Crippen LogP contribution in [0.25, 0.3) is 22.5 Å². The average molecular weight is 337 g/mol. The molecule has 0 spiro atoms. The van der Waals surface area contributed by atoms with Crippen LogP contribution in [0.2, 0.25) is 0 Å². The van der Waals surface area contributed by atoms with Gasteiger partial charge in [-0.3, -0.25) is 0 Å². The number of hydrogen-bond acceptors (Lipinski definition) is 1. The largest absolute Gasteiger partial charge is 0.264 e. The van der Waals surface area contributed by atoms with E-state index in [2.05, 4.69) is 18.8 Å². The average Bonchev–Trinajstić information content (AvgIpc) is 2.67. The maximum atomic E-state index is 13.4. The normalized spacial score (nSPS) is 11.1. The Morgan fingerprint density at radius 2 is 1.12 bits per heavy atom. The van der Waals surface area contributed by atoms with Crippen molar-refractivity contribution in [3.05, 3.63) is 77.4 Å².